The van der Waals surface area contributed by atoms with E-state index >= 15 is 0 Å². The molecule has 2 aromatic rings. The lowest BCUT2D eigenvalue weighted by Gasteiger charge is -2.34. The van der Waals surface area contributed by atoms with Crippen molar-refractivity contribution in [1.82, 2.24) is 9.88 Å². The molecule has 116 valence electrons. The smallest absolute Gasteiger partial charge is 0.252 e. The second-order valence-electron chi connectivity index (χ2n) is 5.55. The molecule has 1 aromatic carbocycles. The SMILES string of the molecule is COc1cc2nccc(N3CCN(C)CC3)c2cc1C(N)=O. The van der Waals surface area contributed by atoms with Gasteiger partial charge in [-0.15, -0.1) is 0 Å². The molecule has 2 heterocycles. The van der Waals surface area contributed by atoms with Crippen molar-refractivity contribution in [3.8, 4) is 5.75 Å². The van der Waals surface area contributed by atoms with Gasteiger partial charge in [0.05, 0.1) is 18.2 Å². The van der Waals surface area contributed by atoms with Crippen molar-refractivity contribution < 1.29 is 9.53 Å². The minimum Gasteiger partial charge on any atom is -0.496 e. The van der Waals surface area contributed by atoms with Gasteiger partial charge in [0.1, 0.15) is 5.75 Å². The van der Waals surface area contributed by atoms with Crippen molar-refractivity contribution in [2.75, 3.05) is 45.2 Å². The molecule has 1 amide bonds. The lowest BCUT2D eigenvalue weighted by Crippen LogP contribution is -2.44. The van der Waals surface area contributed by atoms with Crippen LogP contribution in [0.1, 0.15) is 10.4 Å². The van der Waals surface area contributed by atoms with Crippen LogP contribution in [0.25, 0.3) is 10.9 Å². The maximum atomic E-state index is 11.7. The fraction of sp³-hybridized carbons (Fsp3) is 0.375. The number of anilines is 1. The Bertz CT molecular complexity index is 709. The number of amides is 1. The number of carbonyl (C=O) groups is 1. The topological polar surface area (TPSA) is 71.7 Å². The highest BCUT2D eigenvalue weighted by Gasteiger charge is 2.19. The molecule has 6 nitrogen and oxygen atoms in total. The quantitative estimate of drug-likeness (QED) is 0.919. The summed E-state index contributed by atoms with van der Waals surface area (Å²) in [6, 6.07) is 5.55. The van der Waals surface area contributed by atoms with Gasteiger partial charge in [0.2, 0.25) is 0 Å². The van der Waals surface area contributed by atoms with Gasteiger partial charge in [-0.05, 0) is 19.2 Å². The summed E-state index contributed by atoms with van der Waals surface area (Å²) in [5, 5.41) is 0.932. The number of nitrogens with two attached hydrogens (primary N) is 1. The van der Waals surface area contributed by atoms with Gasteiger partial charge in [0.25, 0.3) is 5.91 Å². The summed E-state index contributed by atoms with van der Waals surface area (Å²) < 4.78 is 5.25. The van der Waals surface area contributed by atoms with Crippen LogP contribution < -0.4 is 15.4 Å². The van der Waals surface area contributed by atoms with Crippen LogP contribution in [-0.4, -0.2) is 56.1 Å². The molecule has 1 aliphatic heterocycles. The zero-order valence-electron chi connectivity index (χ0n) is 12.9. The largest absolute Gasteiger partial charge is 0.496 e. The Morgan fingerprint density at radius 3 is 2.64 bits per heavy atom. The van der Waals surface area contributed by atoms with Gasteiger partial charge in [0, 0.05) is 49.5 Å². The third-order valence-corrected chi connectivity index (χ3v) is 4.15. The maximum absolute atomic E-state index is 11.7. The molecular formula is C16H20N4O2. The Morgan fingerprint density at radius 2 is 2.00 bits per heavy atom. The van der Waals surface area contributed by atoms with Gasteiger partial charge in [-0.3, -0.25) is 9.78 Å². The molecule has 0 bridgehead atoms. The molecule has 3 rings (SSSR count). The van der Waals surface area contributed by atoms with Gasteiger partial charge in [-0.25, -0.2) is 0 Å². The number of nitrogens with zero attached hydrogens (tertiary/aromatic N) is 3. The summed E-state index contributed by atoms with van der Waals surface area (Å²) >= 11 is 0. The number of fused-ring (bicyclic) bond motifs is 1. The van der Waals surface area contributed by atoms with E-state index in [4.69, 9.17) is 10.5 Å². The molecule has 0 spiro atoms. The lowest BCUT2D eigenvalue weighted by molar-refractivity contribution is 0.0997. The summed E-state index contributed by atoms with van der Waals surface area (Å²) in [6.07, 6.45) is 1.79. The highest BCUT2D eigenvalue weighted by molar-refractivity contribution is 6.03. The number of rotatable bonds is 3. The van der Waals surface area contributed by atoms with E-state index in [2.05, 4.69) is 21.8 Å². The number of methoxy groups -OCH3 is 1. The predicted octanol–water partition coefficient (Wildman–Crippen LogP) is 1.09. The zero-order valence-corrected chi connectivity index (χ0v) is 12.9. The van der Waals surface area contributed by atoms with Gasteiger partial charge in [-0.1, -0.05) is 0 Å². The van der Waals surface area contributed by atoms with E-state index in [0.29, 0.717) is 11.3 Å². The molecule has 0 unspecified atom stereocenters. The number of hydrogen-bond donors (Lipinski definition) is 1. The number of primary amides is 1. The fourth-order valence-corrected chi connectivity index (χ4v) is 2.84. The first-order chi connectivity index (χ1) is 10.6. The Balaban J connectivity index is 2.11. The molecule has 1 aromatic heterocycles. The van der Waals surface area contributed by atoms with Crippen LogP contribution in [-0.2, 0) is 0 Å². The Labute approximate surface area is 129 Å². The van der Waals surface area contributed by atoms with E-state index in [1.807, 2.05) is 6.07 Å². The highest BCUT2D eigenvalue weighted by atomic mass is 16.5. The normalized spacial score (nSPS) is 16.0. The molecule has 1 aliphatic rings. The number of likely N-dealkylation sites (N-methyl/N-ethyl adjacent to an activating group) is 1. The van der Waals surface area contributed by atoms with Crippen LogP contribution >= 0.6 is 0 Å². The summed E-state index contributed by atoms with van der Waals surface area (Å²) in [4.78, 5) is 20.7. The molecular weight excluding hydrogens is 280 g/mol. The minimum absolute atomic E-state index is 0.387. The van der Waals surface area contributed by atoms with Crippen molar-refractivity contribution in [2.24, 2.45) is 5.73 Å². The predicted molar refractivity (Wildman–Crippen MR) is 86.5 cm³/mol. The fourth-order valence-electron chi connectivity index (χ4n) is 2.84. The molecule has 1 saturated heterocycles. The van der Waals surface area contributed by atoms with E-state index in [1.165, 1.54) is 7.11 Å². The van der Waals surface area contributed by atoms with Gasteiger partial charge in [-0.2, -0.15) is 0 Å². The Morgan fingerprint density at radius 1 is 1.27 bits per heavy atom. The van der Waals surface area contributed by atoms with Crippen LogP contribution in [0, 0.1) is 0 Å². The van der Waals surface area contributed by atoms with E-state index in [1.54, 1.807) is 18.3 Å². The molecule has 0 saturated carbocycles. The minimum atomic E-state index is -0.494. The molecule has 1 fully saturated rings. The van der Waals surface area contributed by atoms with Crippen LogP contribution in [0.4, 0.5) is 5.69 Å². The standard InChI is InChI=1S/C16H20N4O2/c1-19-5-7-20(8-6-19)14-3-4-18-13-10-15(22-2)12(16(17)21)9-11(13)14/h3-4,9-10H,5-8H2,1-2H3,(H2,17,21). The second kappa shape index (κ2) is 5.81. The first-order valence-electron chi connectivity index (χ1n) is 7.30. The summed E-state index contributed by atoms with van der Waals surface area (Å²) in [5.74, 6) is -0.0324. The molecule has 22 heavy (non-hydrogen) atoms. The molecule has 0 aliphatic carbocycles. The summed E-state index contributed by atoms with van der Waals surface area (Å²) in [6.45, 7) is 3.94. The van der Waals surface area contributed by atoms with E-state index in [9.17, 15) is 4.79 Å². The summed E-state index contributed by atoms with van der Waals surface area (Å²) in [7, 11) is 3.65. The number of pyridine rings is 1. The average Bonchev–Trinajstić information content (AvgIpc) is 2.53. The average molecular weight is 300 g/mol. The van der Waals surface area contributed by atoms with Crippen LogP contribution in [0.3, 0.4) is 0 Å². The monoisotopic (exact) mass is 300 g/mol. The van der Waals surface area contributed by atoms with Crippen molar-refractivity contribution in [3.05, 3.63) is 30.0 Å². The van der Waals surface area contributed by atoms with Crippen molar-refractivity contribution in [2.45, 2.75) is 0 Å². The number of ether oxygens (including phenoxy) is 1. The Hall–Kier alpha value is -2.34. The molecule has 0 atom stereocenters. The van der Waals surface area contributed by atoms with Gasteiger partial charge < -0.3 is 20.3 Å². The number of carbonyl (C=O) groups excluding carboxylic acids is 1. The third kappa shape index (κ3) is 2.57. The highest BCUT2D eigenvalue weighted by Crippen LogP contribution is 2.31. The Kier molecular flexibility index (Phi) is 3.85. The first kappa shape index (κ1) is 14.6. The number of benzene rings is 1. The van der Waals surface area contributed by atoms with E-state index in [0.717, 1.165) is 42.8 Å². The molecule has 2 N–H and O–H groups in total. The maximum Gasteiger partial charge on any atom is 0.252 e. The van der Waals surface area contributed by atoms with Crippen molar-refractivity contribution in [1.29, 1.82) is 0 Å². The van der Waals surface area contributed by atoms with Gasteiger partial charge >= 0.3 is 0 Å². The lowest BCUT2D eigenvalue weighted by atomic mass is 10.1. The third-order valence-electron chi connectivity index (χ3n) is 4.15. The zero-order chi connectivity index (χ0) is 15.7. The van der Waals surface area contributed by atoms with Crippen LogP contribution in [0.5, 0.6) is 5.75 Å². The molecule has 6 heteroatoms. The summed E-state index contributed by atoms with van der Waals surface area (Å²) in [5.41, 5.74) is 7.75. The van der Waals surface area contributed by atoms with Crippen molar-refractivity contribution in [3.63, 3.8) is 0 Å². The van der Waals surface area contributed by atoms with Crippen LogP contribution in [0.15, 0.2) is 24.4 Å². The van der Waals surface area contributed by atoms with E-state index < -0.39 is 5.91 Å². The van der Waals surface area contributed by atoms with Gasteiger partial charge in [0.15, 0.2) is 0 Å². The van der Waals surface area contributed by atoms with Crippen LogP contribution in [0.2, 0.25) is 0 Å². The van der Waals surface area contributed by atoms with E-state index in [-0.39, 0.29) is 0 Å². The molecule has 0 radical (unpaired) electrons. The number of piperazine rings is 1. The second-order valence-corrected chi connectivity index (χ2v) is 5.55. The first-order valence-corrected chi connectivity index (χ1v) is 7.30. The number of hydrogen-bond acceptors (Lipinski definition) is 5. The number of aromatic nitrogens is 1. The van der Waals surface area contributed by atoms with Crippen molar-refractivity contribution >= 4 is 22.5 Å².